The Balaban J connectivity index is 0.00000341. The fourth-order valence-corrected chi connectivity index (χ4v) is 3.38. The molecule has 1 aromatic heterocycles. The highest BCUT2D eigenvalue weighted by atomic mass is 127. The van der Waals surface area contributed by atoms with E-state index < -0.39 is 0 Å². The minimum Gasteiger partial charge on any atom is -0.496 e. The van der Waals surface area contributed by atoms with E-state index in [1.807, 2.05) is 25.1 Å². The molecule has 0 radical (unpaired) electrons. The Morgan fingerprint density at radius 2 is 1.65 bits per heavy atom. The second-order valence-electron chi connectivity index (χ2n) is 6.75. The van der Waals surface area contributed by atoms with E-state index in [1.54, 1.807) is 21.3 Å². The molecule has 8 heteroatoms. The number of aliphatic imine (C=N–C) groups is 1. The number of guanidine groups is 1. The van der Waals surface area contributed by atoms with Gasteiger partial charge in [0, 0.05) is 41.8 Å². The van der Waals surface area contributed by atoms with Gasteiger partial charge in [0.25, 0.3) is 0 Å². The number of para-hydroxylation sites is 1. The molecule has 0 spiro atoms. The lowest BCUT2D eigenvalue weighted by atomic mass is 10.1. The third-order valence-corrected chi connectivity index (χ3v) is 4.90. The van der Waals surface area contributed by atoms with E-state index in [0.29, 0.717) is 23.8 Å². The van der Waals surface area contributed by atoms with E-state index in [1.165, 1.54) is 10.9 Å². The second-order valence-corrected chi connectivity index (χ2v) is 6.75. The first-order chi connectivity index (χ1) is 14.7. The molecule has 168 valence electrons. The van der Waals surface area contributed by atoms with Crippen molar-refractivity contribution < 1.29 is 14.2 Å². The summed E-state index contributed by atoms with van der Waals surface area (Å²) >= 11 is 0. The predicted molar refractivity (Wildman–Crippen MR) is 136 cm³/mol. The number of fused-ring (bicyclic) bond motifs is 1. The highest BCUT2D eigenvalue weighted by molar-refractivity contribution is 14.0. The molecule has 0 saturated heterocycles. The summed E-state index contributed by atoms with van der Waals surface area (Å²) in [5, 5.41) is 7.96. The fraction of sp³-hybridized carbons (Fsp3) is 0.348. The number of ether oxygens (including phenoxy) is 3. The zero-order valence-electron chi connectivity index (χ0n) is 18.5. The zero-order chi connectivity index (χ0) is 21.3. The molecular formula is C23H31IN4O3. The molecule has 3 aromatic rings. The summed E-state index contributed by atoms with van der Waals surface area (Å²) in [7, 11) is 4.86. The molecule has 7 nitrogen and oxygen atoms in total. The Morgan fingerprint density at radius 1 is 0.935 bits per heavy atom. The molecule has 0 aliphatic carbocycles. The Hall–Kier alpha value is -2.62. The van der Waals surface area contributed by atoms with Crippen molar-refractivity contribution in [1.29, 1.82) is 0 Å². The summed E-state index contributed by atoms with van der Waals surface area (Å²) in [5.74, 6) is 2.76. The molecule has 0 aliphatic rings. The maximum atomic E-state index is 5.50. The van der Waals surface area contributed by atoms with Crippen LogP contribution in [-0.4, -0.2) is 45.4 Å². The number of H-pyrrole nitrogens is 1. The van der Waals surface area contributed by atoms with Crippen LogP contribution in [0.3, 0.4) is 0 Å². The lowest BCUT2D eigenvalue weighted by Crippen LogP contribution is -2.38. The van der Waals surface area contributed by atoms with Gasteiger partial charge >= 0.3 is 0 Å². The molecular weight excluding hydrogens is 507 g/mol. The maximum absolute atomic E-state index is 5.50. The Bertz CT molecular complexity index is 1000. The average Bonchev–Trinajstić information content (AvgIpc) is 3.20. The number of aromatic nitrogens is 1. The van der Waals surface area contributed by atoms with Crippen molar-refractivity contribution in [2.24, 2.45) is 4.99 Å². The maximum Gasteiger partial charge on any atom is 0.191 e. The lowest BCUT2D eigenvalue weighted by molar-refractivity contribution is 0.347. The first-order valence-electron chi connectivity index (χ1n) is 10.1. The van der Waals surface area contributed by atoms with Gasteiger partial charge in [-0.25, -0.2) is 4.99 Å². The van der Waals surface area contributed by atoms with Crippen molar-refractivity contribution in [3.8, 4) is 17.2 Å². The van der Waals surface area contributed by atoms with Gasteiger partial charge in [0.2, 0.25) is 0 Å². The van der Waals surface area contributed by atoms with Crippen LogP contribution in [0.25, 0.3) is 10.9 Å². The van der Waals surface area contributed by atoms with Gasteiger partial charge in [0.1, 0.15) is 5.75 Å². The molecule has 0 saturated carbocycles. The van der Waals surface area contributed by atoms with E-state index >= 15 is 0 Å². The number of rotatable bonds is 9. The zero-order valence-corrected chi connectivity index (χ0v) is 20.8. The quantitative estimate of drug-likeness (QED) is 0.217. The topological polar surface area (TPSA) is 79.9 Å². The van der Waals surface area contributed by atoms with E-state index in [0.717, 1.165) is 36.6 Å². The van der Waals surface area contributed by atoms with Crippen LogP contribution in [0.4, 0.5) is 0 Å². The summed E-state index contributed by atoms with van der Waals surface area (Å²) in [4.78, 5) is 8.04. The summed E-state index contributed by atoms with van der Waals surface area (Å²) < 4.78 is 16.3. The molecule has 0 bridgehead atoms. The number of aromatic amines is 1. The van der Waals surface area contributed by atoms with Crippen LogP contribution in [0.15, 0.2) is 47.6 Å². The highest BCUT2D eigenvalue weighted by Gasteiger charge is 2.12. The number of halogens is 1. The first kappa shape index (κ1) is 24.6. The Kier molecular flexibility index (Phi) is 9.77. The van der Waals surface area contributed by atoms with Gasteiger partial charge in [-0.3, -0.25) is 0 Å². The van der Waals surface area contributed by atoms with Gasteiger partial charge in [0.15, 0.2) is 17.5 Å². The fourth-order valence-electron chi connectivity index (χ4n) is 3.38. The van der Waals surface area contributed by atoms with Crippen LogP contribution in [0.1, 0.15) is 18.1 Å². The van der Waals surface area contributed by atoms with Gasteiger partial charge < -0.3 is 29.8 Å². The first-order valence-corrected chi connectivity index (χ1v) is 10.1. The van der Waals surface area contributed by atoms with E-state index in [4.69, 9.17) is 19.2 Å². The SMILES string of the molecule is CCNC(=NCc1cc(OC)c(OC)cc1OC)NCCc1c[nH]c2ccccc12.I. The molecule has 2 aromatic carbocycles. The number of benzene rings is 2. The molecule has 31 heavy (non-hydrogen) atoms. The molecule has 1 heterocycles. The van der Waals surface area contributed by atoms with Crippen LogP contribution in [-0.2, 0) is 13.0 Å². The van der Waals surface area contributed by atoms with Crippen LogP contribution in [0.5, 0.6) is 17.2 Å². The molecule has 0 unspecified atom stereocenters. The Morgan fingerprint density at radius 3 is 2.35 bits per heavy atom. The van der Waals surface area contributed by atoms with Crippen LogP contribution < -0.4 is 24.8 Å². The summed E-state index contributed by atoms with van der Waals surface area (Å²) in [5.41, 5.74) is 3.37. The van der Waals surface area contributed by atoms with Crippen LogP contribution in [0, 0.1) is 0 Å². The highest BCUT2D eigenvalue weighted by Crippen LogP contribution is 2.34. The third-order valence-electron chi connectivity index (χ3n) is 4.90. The third kappa shape index (κ3) is 6.19. The van der Waals surface area contributed by atoms with Gasteiger partial charge in [-0.05, 0) is 31.0 Å². The number of methoxy groups -OCH3 is 3. The summed E-state index contributed by atoms with van der Waals surface area (Å²) in [6, 6.07) is 12.1. The van der Waals surface area contributed by atoms with Crippen molar-refractivity contribution >= 4 is 40.8 Å². The van der Waals surface area contributed by atoms with Gasteiger partial charge in [-0.1, -0.05) is 18.2 Å². The summed E-state index contributed by atoms with van der Waals surface area (Å²) in [6.45, 7) is 4.05. The minimum absolute atomic E-state index is 0. The van der Waals surface area contributed by atoms with Crippen molar-refractivity contribution in [3.63, 3.8) is 0 Å². The van der Waals surface area contributed by atoms with E-state index in [9.17, 15) is 0 Å². The van der Waals surface area contributed by atoms with E-state index in [2.05, 4.69) is 40.0 Å². The number of nitrogens with one attached hydrogen (secondary N) is 3. The van der Waals surface area contributed by atoms with Crippen molar-refractivity contribution in [1.82, 2.24) is 15.6 Å². The molecule has 3 N–H and O–H groups in total. The van der Waals surface area contributed by atoms with Crippen molar-refractivity contribution in [2.45, 2.75) is 19.9 Å². The number of hydrogen-bond acceptors (Lipinski definition) is 4. The minimum atomic E-state index is 0. The van der Waals surface area contributed by atoms with Crippen molar-refractivity contribution in [3.05, 3.63) is 53.7 Å². The average molecular weight is 538 g/mol. The molecule has 0 atom stereocenters. The largest absolute Gasteiger partial charge is 0.496 e. The van der Waals surface area contributed by atoms with Crippen LogP contribution >= 0.6 is 24.0 Å². The molecule has 0 aliphatic heterocycles. The van der Waals surface area contributed by atoms with Gasteiger partial charge in [0.05, 0.1) is 27.9 Å². The van der Waals surface area contributed by atoms with Gasteiger partial charge in [-0.15, -0.1) is 24.0 Å². The predicted octanol–water partition coefficient (Wildman–Crippen LogP) is 4.11. The molecule has 0 amide bonds. The van der Waals surface area contributed by atoms with Crippen LogP contribution in [0.2, 0.25) is 0 Å². The Labute approximate surface area is 200 Å². The number of nitrogens with zero attached hydrogens (tertiary/aromatic N) is 1. The molecule has 0 fully saturated rings. The van der Waals surface area contributed by atoms with E-state index in [-0.39, 0.29) is 24.0 Å². The summed E-state index contributed by atoms with van der Waals surface area (Å²) in [6.07, 6.45) is 2.97. The molecule has 3 rings (SSSR count). The monoisotopic (exact) mass is 538 g/mol. The second kappa shape index (κ2) is 12.3. The normalized spacial score (nSPS) is 11.0. The lowest BCUT2D eigenvalue weighted by Gasteiger charge is -2.14. The number of hydrogen-bond donors (Lipinski definition) is 3. The standard InChI is InChI=1S/C23H30N4O3.HI/c1-5-24-23(25-11-10-16-14-26-19-9-7-6-8-18(16)19)27-15-17-12-21(29-3)22(30-4)13-20(17)28-2;/h6-9,12-14,26H,5,10-11,15H2,1-4H3,(H2,24,25,27);1H. The smallest absolute Gasteiger partial charge is 0.191 e. The van der Waals surface area contributed by atoms with Gasteiger partial charge in [-0.2, -0.15) is 0 Å². The van der Waals surface area contributed by atoms with Crippen molar-refractivity contribution in [2.75, 3.05) is 34.4 Å².